The van der Waals surface area contributed by atoms with E-state index in [0.29, 0.717) is 46.7 Å². The van der Waals surface area contributed by atoms with Crippen molar-refractivity contribution in [3.63, 3.8) is 0 Å². The number of nitrogen functional groups attached to an aromatic ring is 1. The third kappa shape index (κ3) is 5.31. The molecule has 0 spiro atoms. The Bertz CT molecular complexity index is 1740. The van der Waals surface area contributed by atoms with Crippen LogP contribution in [0, 0.1) is 0 Å². The number of rotatable bonds is 6. The Morgan fingerprint density at radius 2 is 1.88 bits per heavy atom. The summed E-state index contributed by atoms with van der Waals surface area (Å²) in [6.45, 7) is 13.8. The van der Waals surface area contributed by atoms with Gasteiger partial charge in [0.05, 0.1) is 16.6 Å². The van der Waals surface area contributed by atoms with Gasteiger partial charge in [-0.1, -0.05) is 37.3 Å². The van der Waals surface area contributed by atoms with Crippen molar-refractivity contribution < 1.29 is 4.74 Å². The number of likely N-dealkylation sites (N-methyl/N-ethyl adjacent to an activating group) is 1. The highest BCUT2D eigenvalue weighted by atomic mass is 35.5. The van der Waals surface area contributed by atoms with Crippen molar-refractivity contribution in [3.8, 4) is 5.75 Å². The molecule has 4 aliphatic rings. The summed E-state index contributed by atoms with van der Waals surface area (Å²) in [7, 11) is 0. The Kier molecular flexibility index (Phi) is 7.63. The standard InChI is InChI=1S/C32H39ClN8O2/c1-3-5-20-13-28(34)35-15-21(20)12-25-27(33)14-26-29-30(25)43-19-24(18-39-10-8-38(4-2)9-11-39)41(29)32(42)37-31(26)40-16-22-6-7-23(17-40)36-22/h3,5,12-15,22-24,36H,1,4,6-11,16-19,34H2,2H3/b20-5-,21-12+. The number of nitrogens with two attached hydrogens (primary N) is 1. The molecule has 0 radical (unpaired) electrons. The lowest BCUT2D eigenvalue weighted by Crippen LogP contribution is -2.52. The van der Waals surface area contributed by atoms with Crippen LogP contribution in [0.15, 0.2) is 35.8 Å². The summed E-state index contributed by atoms with van der Waals surface area (Å²) < 4.78 is 8.47. The van der Waals surface area contributed by atoms with Crippen LogP contribution in [0.25, 0.3) is 23.1 Å². The zero-order valence-corrected chi connectivity index (χ0v) is 25.4. The number of piperazine rings is 2. The van der Waals surface area contributed by atoms with Gasteiger partial charge in [0.25, 0.3) is 0 Å². The molecule has 3 fully saturated rings. The van der Waals surface area contributed by atoms with E-state index in [1.165, 1.54) is 0 Å². The topological polar surface area (TPSA) is 105 Å². The maximum Gasteiger partial charge on any atom is 0.350 e. The van der Waals surface area contributed by atoms with Gasteiger partial charge in [0.2, 0.25) is 0 Å². The zero-order chi connectivity index (χ0) is 29.7. The van der Waals surface area contributed by atoms with Gasteiger partial charge in [0, 0.05) is 80.3 Å². The molecule has 7 rings (SSSR count). The first-order valence-electron chi connectivity index (χ1n) is 15.3. The van der Waals surface area contributed by atoms with Crippen molar-refractivity contribution in [2.45, 2.75) is 37.9 Å². The predicted molar refractivity (Wildman–Crippen MR) is 172 cm³/mol. The molecule has 3 saturated heterocycles. The van der Waals surface area contributed by atoms with Gasteiger partial charge in [-0.15, -0.1) is 0 Å². The van der Waals surface area contributed by atoms with Crippen molar-refractivity contribution >= 4 is 46.3 Å². The highest BCUT2D eigenvalue weighted by Crippen LogP contribution is 2.42. The Morgan fingerprint density at radius 3 is 2.60 bits per heavy atom. The van der Waals surface area contributed by atoms with Crippen LogP contribution in [0.1, 0.15) is 31.4 Å². The molecule has 0 aliphatic carbocycles. The third-order valence-corrected chi connectivity index (χ3v) is 9.71. The molecule has 0 saturated carbocycles. The van der Waals surface area contributed by atoms with Gasteiger partial charge < -0.3 is 25.6 Å². The quantitative estimate of drug-likeness (QED) is 0.432. The number of pyridine rings is 1. The van der Waals surface area contributed by atoms with E-state index in [1.54, 1.807) is 18.3 Å². The number of hydrogen-bond donors (Lipinski definition) is 2. The third-order valence-electron chi connectivity index (χ3n) is 9.40. The molecule has 2 bridgehead atoms. The number of allylic oxidation sites excluding steroid dienone is 1. The van der Waals surface area contributed by atoms with E-state index in [4.69, 9.17) is 27.1 Å². The summed E-state index contributed by atoms with van der Waals surface area (Å²) in [6.07, 6.45) is 9.56. The molecule has 3 aromatic rings. The van der Waals surface area contributed by atoms with Crippen LogP contribution < -0.4 is 36.8 Å². The smallest absolute Gasteiger partial charge is 0.350 e. The van der Waals surface area contributed by atoms with Gasteiger partial charge in [0.15, 0.2) is 5.75 Å². The van der Waals surface area contributed by atoms with Crippen molar-refractivity contribution in [1.82, 2.24) is 29.7 Å². The second-order valence-electron chi connectivity index (χ2n) is 12.1. The van der Waals surface area contributed by atoms with E-state index in [-0.39, 0.29) is 11.7 Å². The normalized spacial score (nSPS) is 25.0. The lowest BCUT2D eigenvalue weighted by atomic mass is 10.0. The molecule has 3 atom stereocenters. The van der Waals surface area contributed by atoms with E-state index in [2.05, 4.69) is 38.5 Å². The number of nitrogens with zero attached hydrogens (tertiary/aromatic N) is 6. The number of anilines is 2. The van der Waals surface area contributed by atoms with Crippen LogP contribution in [0.2, 0.25) is 5.02 Å². The van der Waals surface area contributed by atoms with E-state index in [0.717, 1.165) is 86.5 Å². The summed E-state index contributed by atoms with van der Waals surface area (Å²) in [5.41, 5.74) is 7.22. The van der Waals surface area contributed by atoms with Crippen LogP contribution in [-0.2, 0) is 0 Å². The molecule has 0 amide bonds. The van der Waals surface area contributed by atoms with Gasteiger partial charge in [-0.05, 0) is 42.8 Å². The van der Waals surface area contributed by atoms with Crippen LogP contribution in [0.4, 0.5) is 11.6 Å². The second-order valence-corrected chi connectivity index (χ2v) is 12.5. The maximum absolute atomic E-state index is 14.0. The lowest BCUT2D eigenvalue weighted by molar-refractivity contribution is 0.106. The fourth-order valence-electron chi connectivity index (χ4n) is 7.19. The minimum absolute atomic E-state index is 0.159. The monoisotopic (exact) mass is 602 g/mol. The molecular formula is C32H39ClN8O2. The molecule has 4 aliphatic heterocycles. The zero-order valence-electron chi connectivity index (χ0n) is 24.6. The fraction of sp³-hybridized carbons (Fsp3) is 0.469. The number of nitrogens with one attached hydrogen (secondary N) is 1. The van der Waals surface area contributed by atoms with E-state index >= 15 is 0 Å². The molecule has 3 unspecified atom stereocenters. The van der Waals surface area contributed by atoms with Crippen molar-refractivity contribution in [2.75, 3.05) is 69.6 Å². The van der Waals surface area contributed by atoms with E-state index in [9.17, 15) is 4.79 Å². The summed E-state index contributed by atoms with van der Waals surface area (Å²) in [5, 5.41) is 6.77. The van der Waals surface area contributed by atoms with E-state index < -0.39 is 0 Å². The van der Waals surface area contributed by atoms with Gasteiger partial charge in [-0.2, -0.15) is 4.98 Å². The van der Waals surface area contributed by atoms with Crippen LogP contribution >= 0.6 is 11.6 Å². The number of ether oxygens (including phenoxy) is 1. The SMILES string of the molecule is C=C/C=c1/cc(N)nc/c1=C\c1c(Cl)cc2c(N3CC4CCC(C3)N4)nc(=O)n3c2c1OCC3CN1CCN(CC)CC1. The van der Waals surface area contributed by atoms with E-state index in [1.807, 2.05) is 22.8 Å². The average Bonchev–Trinajstić information content (AvgIpc) is 3.35. The number of aromatic nitrogens is 3. The fourth-order valence-corrected chi connectivity index (χ4v) is 7.44. The van der Waals surface area contributed by atoms with Gasteiger partial charge >= 0.3 is 5.69 Å². The Morgan fingerprint density at radius 1 is 1.14 bits per heavy atom. The maximum atomic E-state index is 14.0. The molecule has 1 aromatic carbocycles. The summed E-state index contributed by atoms with van der Waals surface area (Å²) in [5.74, 6) is 1.72. The Balaban J connectivity index is 1.40. The lowest BCUT2D eigenvalue weighted by Gasteiger charge is -2.38. The van der Waals surface area contributed by atoms with Crippen LogP contribution in [0.3, 0.4) is 0 Å². The minimum atomic E-state index is -0.238. The second kappa shape index (κ2) is 11.6. The van der Waals surface area contributed by atoms with Gasteiger partial charge in [-0.25, -0.2) is 9.78 Å². The molecule has 226 valence electrons. The predicted octanol–water partition coefficient (Wildman–Crippen LogP) is 1.33. The molecular weight excluding hydrogens is 564 g/mol. The average molecular weight is 603 g/mol. The van der Waals surface area contributed by atoms with Crippen molar-refractivity contribution in [1.29, 1.82) is 0 Å². The molecule has 10 nitrogen and oxygen atoms in total. The Labute approximate surface area is 256 Å². The first-order chi connectivity index (χ1) is 20.9. The van der Waals surface area contributed by atoms with Crippen molar-refractivity contribution in [2.24, 2.45) is 0 Å². The molecule has 43 heavy (non-hydrogen) atoms. The number of hydrogen-bond acceptors (Lipinski definition) is 9. The molecule has 11 heteroatoms. The summed E-state index contributed by atoms with van der Waals surface area (Å²) in [4.78, 5) is 30.2. The number of halogens is 1. The molecule has 3 N–H and O–H groups in total. The summed E-state index contributed by atoms with van der Waals surface area (Å²) >= 11 is 7.07. The molecule has 6 heterocycles. The Hall–Kier alpha value is -3.44. The molecule has 2 aromatic heterocycles. The first-order valence-corrected chi connectivity index (χ1v) is 15.7. The van der Waals surface area contributed by atoms with Gasteiger partial charge in [0.1, 0.15) is 18.2 Å². The number of benzene rings is 1. The summed E-state index contributed by atoms with van der Waals surface area (Å²) in [6, 6.07) is 4.41. The van der Waals surface area contributed by atoms with Crippen molar-refractivity contribution in [3.05, 3.63) is 62.5 Å². The highest BCUT2D eigenvalue weighted by Gasteiger charge is 2.36. The highest BCUT2D eigenvalue weighted by molar-refractivity contribution is 6.33. The number of fused-ring (bicyclic) bond motifs is 2. The minimum Gasteiger partial charge on any atom is -0.488 e. The first kappa shape index (κ1) is 28.3. The van der Waals surface area contributed by atoms with Crippen LogP contribution in [0.5, 0.6) is 5.75 Å². The largest absolute Gasteiger partial charge is 0.488 e. The van der Waals surface area contributed by atoms with Gasteiger partial charge in [-0.3, -0.25) is 9.47 Å². The van der Waals surface area contributed by atoms with Crippen LogP contribution in [-0.4, -0.2) is 95.4 Å².